The van der Waals surface area contributed by atoms with Crippen molar-refractivity contribution in [3.05, 3.63) is 92.5 Å². The number of rotatable bonds is 4. The highest BCUT2D eigenvalue weighted by Gasteiger charge is 2.22. The minimum Gasteiger partial charge on any atom is -0.320 e. The van der Waals surface area contributed by atoms with Crippen LogP contribution in [-0.4, -0.2) is 22.4 Å². The Morgan fingerprint density at radius 2 is 1.59 bits per heavy atom. The summed E-state index contributed by atoms with van der Waals surface area (Å²) >= 11 is 15.5. The van der Waals surface area contributed by atoms with Crippen molar-refractivity contribution in [2.24, 2.45) is 0 Å². The Morgan fingerprint density at radius 3 is 2.35 bits per heavy atom. The Morgan fingerprint density at radius 1 is 0.853 bits per heavy atom. The number of aryl methyl sites for hydroxylation is 1. The van der Waals surface area contributed by atoms with Crippen molar-refractivity contribution in [1.29, 1.82) is 0 Å². The van der Waals surface area contributed by atoms with Crippen molar-refractivity contribution in [2.45, 2.75) is 6.92 Å². The maximum atomic E-state index is 13.1. The molecular weight excluding hydrogens is 543 g/mol. The molecule has 4 aromatic rings. The van der Waals surface area contributed by atoms with Crippen LogP contribution in [0, 0.1) is 6.92 Å². The third kappa shape index (κ3) is 4.94. The molecule has 0 spiro atoms. The monoisotopic (exact) mass is 558 g/mol. The van der Waals surface area contributed by atoms with E-state index < -0.39 is 17.7 Å². The first-order valence-electron chi connectivity index (χ1n) is 9.99. The van der Waals surface area contributed by atoms with E-state index in [1.807, 2.05) is 25.1 Å². The van der Waals surface area contributed by atoms with Crippen LogP contribution in [0.3, 0.4) is 0 Å². The van der Waals surface area contributed by atoms with Gasteiger partial charge in [0.25, 0.3) is 5.91 Å². The van der Waals surface area contributed by atoms with Crippen molar-refractivity contribution in [3.63, 3.8) is 0 Å². The molecule has 172 valence electrons. The van der Waals surface area contributed by atoms with E-state index in [1.54, 1.807) is 42.5 Å². The van der Waals surface area contributed by atoms with Crippen LogP contribution >= 0.6 is 39.1 Å². The highest BCUT2D eigenvalue weighted by molar-refractivity contribution is 9.10. The summed E-state index contributed by atoms with van der Waals surface area (Å²) in [6, 6.07) is 18.9. The van der Waals surface area contributed by atoms with Gasteiger partial charge in [0, 0.05) is 15.5 Å². The maximum Gasteiger partial charge on any atom is 0.328 e. The fourth-order valence-corrected chi connectivity index (χ4v) is 4.03. The highest BCUT2D eigenvalue weighted by atomic mass is 79.9. The number of carbonyl (C=O) groups excluding carboxylic acids is 3. The number of hydrogen-bond acceptors (Lipinski definition) is 3. The Balaban J connectivity index is 1.65. The summed E-state index contributed by atoms with van der Waals surface area (Å²) in [5.74, 6) is -2.44. The number of nitrogens with zero attached hydrogens (tertiary/aromatic N) is 1. The first-order valence-corrected chi connectivity index (χ1v) is 11.5. The minimum atomic E-state index is -0.999. The van der Waals surface area contributed by atoms with Crippen LogP contribution in [0.2, 0.25) is 10.0 Å². The fraction of sp³-hybridized carbons (Fsp3) is 0.0417. The van der Waals surface area contributed by atoms with Gasteiger partial charge in [-0.1, -0.05) is 63.4 Å². The Hall–Kier alpha value is -3.33. The lowest BCUT2D eigenvalue weighted by Gasteiger charge is -2.14. The van der Waals surface area contributed by atoms with E-state index in [2.05, 4.69) is 32.0 Å². The van der Waals surface area contributed by atoms with Crippen LogP contribution in [0.1, 0.15) is 16.1 Å². The molecule has 0 radical (unpaired) electrons. The van der Waals surface area contributed by atoms with Crippen molar-refractivity contribution in [1.82, 2.24) is 4.68 Å². The quantitative estimate of drug-likeness (QED) is 0.268. The highest BCUT2D eigenvalue weighted by Crippen LogP contribution is 2.29. The number of anilines is 2. The first-order chi connectivity index (χ1) is 16.2. The van der Waals surface area contributed by atoms with Crippen molar-refractivity contribution in [3.8, 4) is 0 Å². The number of aromatic nitrogens is 1. The topological polar surface area (TPSA) is 92.2 Å². The third-order valence-corrected chi connectivity index (χ3v) is 6.32. The molecule has 0 fully saturated rings. The number of halogens is 3. The lowest BCUT2D eigenvalue weighted by Crippen LogP contribution is -2.36. The normalized spacial score (nSPS) is 10.7. The number of fused-ring (bicyclic) bond motifs is 1. The summed E-state index contributed by atoms with van der Waals surface area (Å²) < 4.78 is 2.07. The molecule has 3 aromatic carbocycles. The number of carbonyl (C=O) groups is 3. The number of nitrogens with one attached hydrogen (secondary N) is 3. The second-order valence-corrected chi connectivity index (χ2v) is 9.03. The van der Waals surface area contributed by atoms with Crippen LogP contribution < -0.4 is 16.1 Å². The molecule has 34 heavy (non-hydrogen) atoms. The van der Waals surface area contributed by atoms with Gasteiger partial charge in [-0.3, -0.25) is 19.8 Å². The number of hydrogen-bond donors (Lipinski definition) is 3. The largest absolute Gasteiger partial charge is 0.328 e. The van der Waals surface area contributed by atoms with Gasteiger partial charge in [0.05, 0.1) is 21.2 Å². The number of amides is 3. The van der Waals surface area contributed by atoms with Crippen molar-refractivity contribution in [2.75, 3.05) is 16.1 Å². The second-order valence-electron chi connectivity index (χ2n) is 7.33. The molecule has 0 saturated heterocycles. The standard InChI is InChI=1S/C24H17BrCl2N4O3/c1-13-5-2-3-7-17(13)28-22(32)20-12-14-11-15(25)9-10-19(14)31(20)30-24(34)23(33)29-18-8-4-6-16(26)21(18)27/h2-12H,1H3,(H,28,32)(H,29,33)(H,30,34). The van der Waals surface area contributed by atoms with Crippen LogP contribution in [0.5, 0.6) is 0 Å². The molecule has 0 saturated carbocycles. The lowest BCUT2D eigenvalue weighted by atomic mass is 10.2. The Bertz CT molecular complexity index is 1450. The molecule has 0 aliphatic carbocycles. The maximum absolute atomic E-state index is 13.1. The molecule has 0 atom stereocenters. The van der Waals surface area contributed by atoms with Gasteiger partial charge in [-0.25, -0.2) is 4.68 Å². The van der Waals surface area contributed by atoms with Gasteiger partial charge >= 0.3 is 11.8 Å². The molecule has 0 aliphatic heterocycles. The lowest BCUT2D eigenvalue weighted by molar-refractivity contribution is -0.133. The minimum absolute atomic E-state index is 0.111. The second kappa shape index (κ2) is 9.89. The summed E-state index contributed by atoms with van der Waals surface area (Å²) in [5, 5.41) is 6.30. The smallest absolute Gasteiger partial charge is 0.320 e. The zero-order valence-electron chi connectivity index (χ0n) is 17.7. The molecule has 10 heteroatoms. The number of benzene rings is 3. The van der Waals surface area contributed by atoms with E-state index >= 15 is 0 Å². The Kier molecular flexibility index (Phi) is 6.92. The van der Waals surface area contributed by atoms with Crippen LogP contribution in [0.4, 0.5) is 11.4 Å². The van der Waals surface area contributed by atoms with Crippen LogP contribution in [-0.2, 0) is 9.59 Å². The average Bonchev–Trinajstić information content (AvgIpc) is 3.15. The van der Waals surface area contributed by atoms with Gasteiger partial charge in [-0.15, -0.1) is 0 Å². The molecule has 0 bridgehead atoms. The van der Waals surface area contributed by atoms with E-state index in [-0.39, 0.29) is 21.4 Å². The van der Waals surface area contributed by atoms with Crippen molar-refractivity contribution < 1.29 is 14.4 Å². The molecule has 0 aliphatic rings. The van der Waals surface area contributed by atoms with E-state index in [1.165, 1.54) is 10.7 Å². The first kappa shape index (κ1) is 23.8. The number of para-hydroxylation sites is 1. The molecule has 3 amide bonds. The zero-order chi connectivity index (χ0) is 24.4. The molecular formula is C24H17BrCl2N4O3. The van der Waals surface area contributed by atoms with Gasteiger partial charge < -0.3 is 10.6 Å². The average molecular weight is 560 g/mol. The Labute approximate surface area is 213 Å². The molecule has 7 nitrogen and oxygen atoms in total. The summed E-state index contributed by atoms with van der Waals surface area (Å²) in [7, 11) is 0. The fourth-order valence-electron chi connectivity index (χ4n) is 3.31. The van der Waals surface area contributed by atoms with Crippen molar-refractivity contribution >= 4 is 79.1 Å². The molecule has 4 rings (SSSR count). The molecule has 3 N–H and O–H groups in total. The third-order valence-electron chi connectivity index (χ3n) is 5.01. The van der Waals surface area contributed by atoms with Gasteiger partial charge in [-0.05, 0) is 55.0 Å². The summed E-state index contributed by atoms with van der Waals surface area (Å²) in [6.45, 7) is 1.87. The van der Waals surface area contributed by atoms with E-state index in [0.717, 1.165) is 10.0 Å². The predicted molar refractivity (Wildman–Crippen MR) is 138 cm³/mol. The zero-order valence-corrected chi connectivity index (χ0v) is 20.8. The molecule has 0 unspecified atom stereocenters. The summed E-state index contributed by atoms with van der Waals surface area (Å²) in [4.78, 5) is 38.4. The predicted octanol–water partition coefficient (Wildman–Crippen LogP) is 5.98. The SMILES string of the molecule is Cc1ccccc1NC(=O)c1cc2cc(Br)ccc2n1NC(=O)C(=O)Nc1cccc(Cl)c1Cl. The van der Waals surface area contributed by atoms with Crippen LogP contribution in [0.15, 0.2) is 71.2 Å². The van der Waals surface area contributed by atoms with Gasteiger partial charge in [0.15, 0.2) is 0 Å². The van der Waals surface area contributed by atoms with Gasteiger partial charge in [0.2, 0.25) is 0 Å². The van der Waals surface area contributed by atoms with Gasteiger partial charge in [0.1, 0.15) is 5.69 Å². The molecule has 1 heterocycles. The van der Waals surface area contributed by atoms with E-state index in [4.69, 9.17) is 23.2 Å². The van der Waals surface area contributed by atoms with E-state index in [0.29, 0.717) is 16.6 Å². The summed E-state index contributed by atoms with van der Waals surface area (Å²) in [5.41, 5.74) is 4.86. The van der Waals surface area contributed by atoms with E-state index in [9.17, 15) is 14.4 Å². The summed E-state index contributed by atoms with van der Waals surface area (Å²) in [6.07, 6.45) is 0. The van der Waals surface area contributed by atoms with Crippen LogP contribution in [0.25, 0.3) is 10.9 Å². The van der Waals surface area contributed by atoms with Gasteiger partial charge in [-0.2, -0.15) is 0 Å². The molecule has 1 aromatic heterocycles.